The summed E-state index contributed by atoms with van der Waals surface area (Å²) in [6.07, 6.45) is 14.5. The highest BCUT2D eigenvalue weighted by Crippen LogP contribution is 2.30. The topological polar surface area (TPSA) is 121 Å². The van der Waals surface area contributed by atoms with Crippen LogP contribution in [-0.2, 0) is 6.54 Å². The van der Waals surface area contributed by atoms with Gasteiger partial charge < -0.3 is 10.3 Å². The monoisotopic (exact) mass is 501 g/mol. The van der Waals surface area contributed by atoms with Crippen LogP contribution in [0.2, 0.25) is 0 Å². The standard InChI is InChI=1S/C29H27N9/c1-2-6-18(5-1)12-30-13-19-11-20(15-31-14-19)22-8-9-24-27(34-22)28(38-37-24)29-35-25-17-32-16-21(26(25)36-29)23-7-3-4-10-33-23/h3-4,7-11,14-18,30H,1-2,5-6,12-13H2,(H,35,36)(H,37,38). The molecule has 1 fully saturated rings. The third-order valence-corrected chi connectivity index (χ3v) is 7.29. The van der Waals surface area contributed by atoms with Crippen molar-refractivity contribution in [3.05, 3.63) is 72.9 Å². The van der Waals surface area contributed by atoms with E-state index >= 15 is 0 Å². The zero-order chi connectivity index (χ0) is 25.3. The van der Waals surface area contributed by atoms with Crippen LogP contribution >= 0.6 is 0 Å². The van der Waals surface area contributed by atoms with Gasteiger partial charge in [-0.15, -0.1) is 0 Å². The Morgan fingerprint density at radius 3 is 2.68 bits per heavy atom. The molecule has 1 saturated carbocycles. The summed E-state index contributed by atoms with van der Waals surface area (Å²) in [5.74, 6) is 1.44. The van der Waals surface area contributed by atoms with Gasteiger partial charge in [0, 0.05) is 42.5 Å². The fourth-order valence-corrected chi connectivity index (χ4v) is 5.34. The molecule has 0 amide bonds. The lowest BCUT2D eigenvalue weighted by atomic mass is 10.1. The number of imidazole rings is 1. The summed E-state index contributed by atoms with van der Waals surface area (Å²) in [5.41, 5.74) is 8.52. The molecule has 0 saturated heterocycles. The Labute approximate surface area is 219 Å². The second kappa shape index (κ2) is 9.75. The second-order valence-corrected chi connectivity index (χ2v) is 9.91. The van der Waals surface area contributed by atoms with Gasteiger partial charge in [0.05, 0.1) is 28.6 Å². The predicted molar refractivity (Wildman–Crippen MR) is 147 cm³/mol. The fraction of sp³-hybridized carbons (Fsp3) is 0.241. The number of nitrogens with one attached hydrogen (secondary N) is 3. The van der Waals surface area contributed by atoms with Crippen molar-refractivity contribution in [3.8, 4) is 34.0 Å². The highest BCUT2D eigenvalue weighted by Gasteiger charge is 2.18. The number of nitrogens with zero attached hydrogens (tertiary/aromatic N) is 6. The van der Waals surface area contributed by atoms with Crippen LogP contribution in [0.25, 0.3) is 56.1 Å². The first kappa shape index (κ1) is 22.7. The molecule has 188 valence electrons. The zero-order valence-electron chi connectivity index (χ0n) is 20.9. The maximum Gasteiger partial charge on any atom is 0.161 e. The molecule has 1 aliphatic carbocycles. The Balaban J connectivity index is 1.20. The van der Waals surface area contributed by atoms with Gasteiger partial charge >= 0.3 is 0 Å². The number of aromatic amines is 2. The summed E-state index contributed by atoms with van der Waals surface area (Å²) in [6, 6.07) is 12.0. The van der Waals surface area contributed by atoms with Gasteiger partial charge in [0.1, 0.15) is 11.0 Å². The smallest absolute Gasteiger partial charge is 0.161 e. The van der Waals surface area contributed by atoms with Crippen molar-refractivity contribution in [3.63, 3.8) is 0 Å². The number of H-pyrrole nitrogens is 2. The molecule has 0 unspecified atom stereocenters. The van der Waals surface area contributed by atoms with Gasteiger partial charge in [0.2, 0.25) is 0 Å². The average Bonchev–Trinajstić information content (AvgIpc) is 3.73. The van der Waals surface area contributed by atoms with E-state index in [1.165, 1.54) is 25.7 Å². The van der Waals surface area contributed by atoms with Crippen LogP contribution in [0.4, 0.5) is 0 Å². The molecule has 9 heteroatoms. The molecule has 9 nitrogen and oxygen atoms in total. The van der Waals surface area contributed by atoms with Crippen molar-refractivity contribution in [2.24, 2.45) is 5.92 Å². The van der Waals surface area contributed by atoms with E-state index < -0.39 is 0 Å². The summed E-state index contributed by atoms with van der Waals surface area (Å²) in [7, 11) is 0. The third-order valence-electron chi connectivity index (χ3n) is 7.29. The van der Waals surface area contributed by atoms with E-state index in [1.54, 1.807) is 18.6 Å². The van der Waals surface area contributed by atoms with Crippen molar-refractivity contribution >= 4 is 22.1 Å². The second-order valence-electron chi connectivity index (χ2n) is 9.91. The molecular formula is C29H27N9. The summed E-state index contributed by atoms with van der Waals surface area (Å²) in [6.45, 7) is 1.88. The highest BCUT2D eigenvalue weighted by atomic mass is 15.2. The van der Waals surface area contributed by atoms with E-state index in [1.807, 2.05) is 42.7 Å². The lowest BCUT2D eigenvalue weighted by Crippen LogP contribution is -2.20. The van der Waals surface area contributed by atoms with E-state index in [-0.39, 0.29) is 0 Å². The van der Waals surface area contributed by atoms with Crippen LogP contribution in [0.5, 0.6) is 0 Å². The minimum atomic E-state index is 0.629. The van der Waals surface area contributed by atoms with E-state index in [0.717, 1.165) is 69.2 Å². The molecule has 0 aliphatic heterocycles. The number of hydrogen-bond donors (Lipinski definition) is 3. The number of fused-ring (bicyclic) bond motifs is 2. The van der Waals surface area contributed by atoms with Crippen molar-refractivity contribution in [1.29, 1.82) is 0 Å². The van der Waals surface area contributed by atoms with Gasteiger partial charge in [0.15, 0.2) is 11.5 Å². The molecule has 3 N–H and O–H groups in total. The van der Waals surface area contributed by atoms with Crippen LogP contribution in [0.1, 0.15) is 31.2 Å². The van der Waals surface area contributed by atoms with Crippen molar-refractivity contribution < 1.29 is 0 Å². The predicted octanol–water partition coefficient (Wildman–Crippen LogP) is 5.30. The lowest BCUT2D eigenvalue weighted by molar-refractivity contribution is 0.489. The molecule has 6 aromatic heterocycles. The van der Waals surface area contributed by atoms with E-state index in [2.05, 4.69) is 41.5 Å². The lowest BCUT2D eigenvalue weighted by Gasteiger charge is -2.11. The Hall–Kier alpha value is -4.50. The summed E-state index contributed by atoms with van der Waals surface area (Å²) < 4.78 is 0. The van der Waals surface area contributed by atoms with Gasteiger partial charge in [0.25, 0.3) is 0 Å². The number of aromatic nitrogens is 8. The van der Waals surface area contributed by atoms with Crippen LogP contribution in [-0.4, -0.2) is 46.6 Å². The maximum absolute atomic E-state index is 4.97. The SMILES string of the molecule is c1ccc(-c2cncc3[nH]c(-c4n[nH]c5ccc(-c6cncc(CNCC7CCCC7)c6)nc45)nc23)nc1. The first-order valence-electron chi connectivity index (χ1n) is 13.1. The van der Waals surface area contributed by atoms with Crippen LogP contribution < -0.4 is 5.32 Å². The van der Waals surface area contributed by atoms with Crippen LogP contribution in [0, 0.1) is 5.92 Å². The van der Waals surface area contributed by atoms with Gasteiger partial charge in [-0.3, -0.25) is 20.1 Å². The maximum atomic E-state index is 4.97. The van der Waals surface area contributed by atoms with Gasteiger partial charge in [-0.1, -0.05) is 18.9 Å². The first-order chi connectivity index (χ1) is 18.8. The molecule has 7 rings (SSSR count). The van der Waals surface area contributed by atoms with Gasteiger partial charge in [-0.2, -0.15) is 5.10 Å². The third kappa shape index (κ3) is 4.31. The molecule has 0 aromatic carbocycles. The fourth-order valence-electron chi connectivity index (χ4n) is 5.34. The normalized spacial score (nSPS) is 14.1. The molecule has 0 atom stereocenters. The Morgan fingerprint density at radius 1 is 0.868 bits per heavy atom. The van der Waals surface area contributed by atoms with Crippen molar-refractivity contribution in [2.45, 2.75) is 32.2 Å². The van der Waals surface area contributed by atoms with Crippen molar-refractivity contribution in [1.82, 2.24) is 45.4 Å². The molecule has 0 radical (unpaired) electrons. The Morgan fingerprint density at radius 2 is 1.79 bits per heavy atom. The van der Waals surface area contributed by atoms with Gasteiger partial charge in [-0.25, -0.2) is 9.97 Å². The average molecular weight is 502 g/mol. The quantitative estimate of drug-likeness (QED) is 0.271. The van der Waals surface area contributed by atoms with E-state index in [0.29, 0.717) is 11.5 Å². The molecule has 6 heterocycles. The van der Waals surface area contributed by atoms with E-state index in [9.17, 15) is 0 Å². The largest absolute Gasteiger partial charge is 0.335 e. The summed E-state index contributed by atoms with van der Waals surface area (Å²) >= 11 is 0. The molecule has 0 bridgehead atoms. The number of hydrogen-bond acceptors (Lipinski definition) is 7. The van der Waals surface area contributed by atoms with Gasteiger partial charge in [-0.05, 0) is 61.2 Å². The molecule has 1 aliphatic rings. The Bertz CT molecular complexity index is 1710. The Kier molecular flexibility index (Phi) is 5.82. The van der Waals surface area contributed by atoms with Crippen LogP contribution in [0.3, 0.4) is 0 Å². The van der Waals surface area contributed by atoms with Crippen molar-refractivity contribution in [2.75, 3.05) is 6.54 Å². The zero-order valence-corrected chi connectivity index (χ0v) is 20.9. The molecule has 6 aromatic rings. The molecule has 0 spiro atoms. The summed E-state index contributed by atoms with van der Waals surface area (Å²) in [5, 5.41) is 11.3. The highest BCUT2D eigenvalue weighted by molar-refractivity contribution is 5.95. The van der Waals surface area contributed by atoms with Crippen LogP contribution in [0.15, 0.2) is 67.4 Å². The summed E-state index contributed by atoms with van der Waals surface area (Å²) in [4.78, 5) is 26.6. The molecular weight excluding hydrogens is 474 g/mol. The van der Waals surface area contributed by atoms with E-state index in [4.69, 9.17) is 9.97 Å². The first-order valence-corrected chi connectivity index (χ1v) is 13.1. The minimum absolute atomic E-state index is 0.629. The number of rotatable bonds is 7. The molecule has 38 heavy (non-hydrogen) atoms. The minimum Gasteiger partial charge on any atom is -0.335 e. The number of pyridine rings is 4.